The molecule has 0 saturated carbocycles. The highest BCUT2D eigenvalue weighted by Crippen LogP contribution is 2.13. The van der Waals surface area contributed by atoms with Gasteiger partial charge < -0.3 is 19.9 Å². The summed E-state index contributed by atoms with van der Waals surface area (Å²) in [6.45, 7) is -0.403. The molecule has 1 aromatic rings. The van der Waals surface area contributed by atoms with Gasteiger partial charge >= 0.3 is 12.1 Å². The Hall–Kier alpha value is -2.24. The van der Waals surface area contributed by atoms with E-state index in [1.807, 2.05) is 0 Å². The number of methoxy groups -OCH3 is 1. The first-order chi connectivity index (χ1) is 8.11. The quantitative estimate of drug-likeness (QED) is 0.800. The third-order valence-corrected chi connectivity index (χ3v) is 1.89. The number of benzene rings is 1. The first kappa shape index (κ1) is 12.8. The number of carboxylic acids is 1. The van der Waals surface area contributed by atoms with Gasteiger partial charge in [0.15, 0.2) is 0 Å². The molecule has 1 rings (SSSR count). The van der Waals surface area contributed by atoms with Crippen LogP contribution in [0.3, 0.4) is 0 Å². The predicted octanol–water partition coefficient (Wildman–Crippen LogP) is 1.01. The zero-order chi connectivity index (χ0) is 12.7. The van der Waals surface area contributed by atoms with Crippen LogP contribution in [0.2, 0.25) is 0 Å². The van der Waals surface area contributed by atoms with Crippen molar-refractivity contribution in [1.29, 1.82) is 0 Å². The van der Waals surface area contributed by atoms with Crippen molar-refractivity contribution in [1.82, 2.24) is 5.32 Å². The largest absolute Gasteiger partial charge is 0.497 e. The zero-order valence-electron chi connectivity index (χ0n) is 9.30. The van der Waals surface area contributed by atoms with Crippen LogP contribution in [-0.2, 0) is 16.1 Å². The molecule has 92 valence electrons. The van der Waals surface area contributed by atoms with E-state index in [1.165, 1.54) is 0 Å². The molecule has 0 spiro atoms. The summed E-state index contributed by atoms with van der Waals surface area (Å²) in [6.07, 6.45) is -0.768. The second-order valence-corrected chi connectivity index (χ2v) is 3.17. The van der Waals surface area contributed by atoms with E-state index in [4.69, 9.17) is 14.6 Å². The molecule has 0 fully saturated rings. The van der Waals surface area contributed by atoms with E-state index < -0.39 is 18.6 Å². The van der Waals surface area contributed by atoms with Crippen LogP contribution in [0.25, 0.3) is 0 Å². The summed E-state index contributed by atoms with van der Waals surface area (Å²) in [7, 11) is 1.54. The van der Waals surface area contributed by atoms with E-state index in [2.05, 4.69) is 5.32 Å². The third-order valence-electron chi connectivity index (χ3n) is 1.89. The Kier molecular flexibility index (Phi) is 4.80. The molecule has 0 aromatic heterocycles. The van der Waals surface area contributed by atoms with E-state index in [9.17, 15) is 9.59 Å². The van der Waals surface area contributed by atoms with Crippen LogP contribution in [0.5, 0.6) is 5.75 Å². The number of ether oxygens (including phenoxy) is 2. The van der Waals surface area contributed by atoms with E-state index in [-0.39, 0.29) is 6.61 Å². The zero-order valence-corrected chi connectivity index (χ0v) is 9.30. The van der Waals surface area contributed by atoms with Crippen molar-refractivity contribution in [2.24, 2.45) is 0 Å². The number of alkyl carbamates (subject to hydrolysis) is 1. The van der Waals surface area contributed by atoms with Crippen molar-refractivity contribution in [3.63, 3.8) is 0 Å². The average molecular weight is 239 g/mol. The molecule has 6 nitrogen and oxygen atoms in total. The second-order valence-electron chi connectivity index (χ2n) is 3.17. The van der Waals surface area contributed by atoms with Crippen molar-refractivity contribution in [3.05, 3.63) is 29.8 Å². The van der Waals surface area contributed by atoms with Gasteiger partial charge in [0.05, 0.1) is 7.11 Å². The fraction of sp³-hybridized carbons (Fsp3) is 0.273. The number of carboxylic acid groups (broad SMARTS) is 1. The van der Waals surface area contributed by atoms with Crippen molar-refractivity contribution in [3.8, 4) is 5.75 Å². The number of hydrogen-bond donors (Lipinski definition) is 2. The Morgan fingerprint density at radius 1 is 1.41 bits per heavy atom. The van der Waals surface area contributed by atoms with Crippen LogP contribution < -0.4 is 10.1 Å². The summed E-state index contributed by atoms with van der Waals surface area (Å²) in [5.41, 5.74) is 0.759. The van der Waals surface area contributed by atoms with E-state index in [0.29, 0.717) is 5.75 Å². The summed E-state index contributed by atoms with van der Waals surface area (Å²) in [4.78, 5) is 21.2. The molecule has 2 N–H and O–H groups in total. The van der Waals surface area contributed by atoms with Gasteiger partial charge in [-0.1, -0.05) is 12.1 Å². The monoisotopic (exact) mass is 239 g/mol. The van der Waals surface area contributed by atoms with E-state index >= 15 is 0 Å². The number of nitrogens with one attached hydrogen (secondary N) is 1. The molecule has 17 heavy (non-hydrogen) atoms. The van der Waals surface area contributed by atoms with Gasteiger partial charge in [0.1, 0.15) is 18.9 Å². The lowest BCUT2D eigenvalue weighted by atomic mass is 10.2. The van der Waals surface area contributed by atoms with Gasteiger partial charge in [-0.05, 0) is 17.7 Å². The topological polar surface area (TPSA) is 84.9 Å². The van der Waals surface area contributed by atoms with Crippen LogP contribution >= 0.6 is 0 Å². The molecular weight excluding hydrogens is 226 g/mol. The Bertz CT molecular complexity index is 405. The minimum absolute atomic E-state index is 0.0582. The predicted molar refractivity (Wildman–Crippen MR) is 58.8 cm³/mol. The van der Waals surface area contributed by atoms with E-state index in [1.54, 1.807) is 31.4 Å². The summed E-state index contributed by atoms with van der Waals surface area (Å²) in [5, 5.41) is 10.4. The second kappa shape index (κ2) is 6.37. The molecule has 0 radical (unpaired) electrons. The van der Waals surface area contributed by atoms with Gasteiger partial charge in [-0.15, -0.1) is 0 Å². The lowest BCUT2D eigenvalue weighted by molar-refractivity contribution is -0.135. The fourth-order valence-corrected chi connectivity index (χ4v) is 1.11. The molecule has 1 amide bonds. The molecule has 0 unspecified atom stereocenters. The minimum atomic E-state index is -1.12. The standard InChI is InChI=1S/C11H13NO5/c1-16-9-4-2-3-8(5-9)7-17-11(15)12-6-10(13)14/h2-5H,6-7H2,1H3,(H,12,15)(H,13,14). The number of carbonyl (C=O) groups excluding carboxylic acids is 1. The van der Waals surface area contributed by atoms with Gasteiger partial charge in [0, 0.05) is 0 Å². The highest BCUT2D eigenvalue weighted by atomic mass is 16.5. The van der Waals surface area contributed by atoms with Gasteiger partial charge in [0.2, 0.25) is 0 Å². The summed E-state index contributed by atoms with van der Waals surface area (Å²) >= 11 is 0. The Labute approximate surface area is 98.2 Å². The molecule has 0 aliphatic rings. The van der Waals surface area contributed by atoms with Gasteiger partial charge in [-0.25, -0.2) is 4.79 Å². The first-order valence-electron chi connectivity index (χ1n) is 4.87. The number of amides is 1. The van der Waals surface area contributed by atoms with Crippen LogP contribution in [0.15, 0.2) is 24.3 Å². The molecule has 0 saturated heterocycles. The first-order valence-corrected chi connectivity index (χ1v) is 4.87. The summed E-state index contributed by atoms with van der Waals surface area (Å²) in [6, 6.07) is 7.04. The Morgan fingerprint density at radius 3 is 2.82 bits per heavy atom. The maximum atomic E-state index is 11.0. The fourth-order valence-electron chi connectivity index (χ4n) is 1.11. The molecule has 1 aromatic carbocycles. The molecule has 0 aliphatic heterocycles. The number of rotatable bonds is 5. The maximum absolute atomic E-state index is 11.0. The highest BCUT2D eigenvalue weighted by Gasteiger charge is 2.05. The number of aliphatic carboxylic acids is 1. The van der Waals surface area contributed by atoms with Gasteiger partial charge in [0.25, 0.3) is 0 Å². The smallest absolute Gasteiger partial charge is 0.407 e. The minimum Gasteiger partial charge on any atom is -0.497 e. The summed E-state index contributed by atoms with van der Waals surface area (Å²) in [5.74, 6) is -0.458. The molecule has 0 heterocycles. The Balaban J connectivity index is 2.39. The van der Waals surface area contributed by atoms with E-state index in [0.717, 1.165) is 5.56 Å². The molecule has 0 atom stereocenters. The molecule has 0 bridgehead atoms. The third kappa shape index (κ3) is 4.87. The van der Waals surface area contributed by atoms with Crippen molar-refractivity contribution >= 4 is 12.1 Å². The van der Waals surface area contributed by atoms with Crippen molar-refractivity contribution < 1.29 is 24.2 Å². The maximum Gasteiger partial charge on any atom is 0.407 e. The van der Waals surface area contributed by atoms with Crippen LogP contribution in [0, 0.1) is 0 Å². The van der Waals surface area contributed by atoms with Crippen LogP contribution in [-0.4, -0.2) is 30.8 Å². The summed E-state index contributed by atoms with van der Waals surface area (Å²) < 4.78 is 9.82. The molecule has 0 aliphatic carbocycles. The van der Waals surface area contributed by atoms with Crippen LogP contribution in [0.4, 0.5) is 4.79 Å². The SMILES string of the molecule is COc1cccc(COC(=O)NCC(=O)O)c1. The van der Waals surface area contributed by atoms with Crippen molar-refractivity contribution in [2.45, 2.75) is 6.61 Å². The van der Waals surface area contributed by atoms with Gasteiger partial charge in [-0.3, -0.25) is 4.79 Å². The van der Waals surface area contributed by atoms with Gasteiger partial charge in [-0.2, -0.15) is 0 Å². The lowest BCUT2D eigenvalue weighted by Gasteiger charge is -2.06. The van der Waals surface area contributed by atoms with Crippen LogP contribution in [0.1, 0.15) is 5.56 Å². The number of carbonyl (C=O) groups is 2. The lowest BCUT2D eigenvalue weighted by Crippen LogP contribution is -2.29. The Morgan fingerprint density at radius 2 is 2.18 bits per heavy atom. The number of hydrogen-bond acceptors (Lipinski definition) is 4. The average Bonchev–Trinajstić information content (AvgIpc) is 2.34. The normalized spacial score (nSPS) is 9.47. The highest BCUT2D eigenvalue weighted by molar-refractivity contribution is 5.76. The molecule has 6 heteroatoms. The molecular formula is C11H13NO5. The van der Waals surface area contributed by atoms with Crippen molar-refractivity contribution in [2.75, 3.05) is 13.7 Å².